The summed E-state index contributed by atoms with van der Waals surface area (Å²) >= 11 is 1.88. The Morgan fingerprint density at radius 2 is 1.26 bits per heavy atom. The number of furan rings is 1. The van der Waals surface area contributed by atoms with Crippen molar-refractivity contribution in [3.8, 4) is 16.8 Å². The van der Waals surface area contributed by atoms with Crippen LogP contribution in [0.15, 0.2) is 144 Å². The van der Waals surface area contributed by atoms with Crippen LogP contribution in [-0.2, 0) is 0 Å². The maximum Gasteiger partial charge on any atom is 0.137 e. The third-order valence-electron chi connectivity index (χ3n) is 8.19. The molecule has 1 N–H and O–H groups in total. The highest BCUT2D eigenvalue weighted by Gasteiger charge is 2.19. The summed E-state index contributed by atoms with van der Waals surface area (Å²) in [6.07, 6.45) is 0. The van der Waals surface area contributed by atoms with Crippen molar-refractivity contribution in [1.29, 1.82) is 0 Å². The molecule has 0 bridgehead atoms. The number of hydrogen-bond donors (Lipinski definition) is 1. The van der Waals surface area contributed by atoms with Crippen molar-refractivity contribution in [1.82, 2.24) is 4.57 Å². The van der Waals surface area contributed by atoms with Gasteiger partial charge in [0.25, 0.3) is 0 Å². The number of benzene rings is 6. The van der Waals surface area contributed by atoms with Gasteiger partial charge in [-0.1, -0.05) is 84.9 Å². The van der Waals surface area contributed by atoms with E-state index in [-0.39, 0.29) is 0 Å². The molecular weight excluding hydrogens is 532 g/mol. The smallest absolute Gasteiger partial charge is 0.137 e. The first-order valence-electron chi connectivity index (χ1n) is 14.1. The van der Waals surface area contributed by atoms with E-state index in [1.165, 1.54) is 48.0 Å². The second-order valence-corrected chi connectivity index (χ2v) is 11.7. The highest BCUT2D eigenvalue weighted by Crippen LogP contribution is 2.45. The van der Waals surface area contributed by atoms with Gasteiger partial charge in [-0.3, -0.25) is 0 Å². The molecule has 6 aromatic carbocycles. The molecule has 3 aromatic heterocycles. The van der Waals surface area contributed by atoms with Gasteiger partial charge in [-0.15, -0.1) is 11.3 Å². The first-order chi connectivity index (χ1) is 20.8. The Hall–Kier alpha value is -5.32. The minimum Gasteiger partial charge on any atom is -0.456 e. The number of nitrogens with zero attached hydrogens (tertiary/aromatic N) is 1. The van der Waals surface area contributed by atoms with Gasteiger partial charge < -0.3 is 14.3 Å². The number of para-hydroxylation sites is 3. The third-order valence-corrected chi connectivity index (χ3v) is 9.42. The van der Waals surface area contributed by atoms with E-state index in [2.05, 4.69) is 131 Å². The summed E-state index contributed by atoms with van der Waals surface area (Å²) in [7, 11) is 0. The molecule has 0 aliphatic rings. The van der Waals surface area contributed by atoms with Crippen LogP contribution in [0.25, 0.3) is 70.0 Å². The van der Waals surface area contributed by atoms with Gasteiger partial charge in [-0.05, 0) is 59.7 Å². The summed E-state index contributed by atoms with van der Waals surface area (Å²) in [5.41, 5.74) is 8.75. The number of aromatic nitrogens is 1. The fourth-order valence-corrected chi connectivity index (χ4v) is 7.66. The molecular formula is C38H24N2OS. The summed E-state index contributed by atoms with van der Waals surface area (Å²) < 4.78 is 9.81. The van der Waals surface area contributed by atoms with E-state index < -0.39 is 0 Å². The Morgan fingerprint density at radius 1 is 0.548 bits per heavy atom. The van der Waals surface area contributed by atoms with E-state index in [0.29, 0.717) is 0 Å². The maximum absolute atomic E-state index is 6.09. The Morgan fingerprint density at radius 3 is 2.14 bits per heavy atom. The van der Waals surface area contributed by atoms with Crippen molar-refractivity contribution in [3.05, 3.63) is 140 Å². The monoisotopic (exact) mass is 556 g/mol. The zero-order chi connectivity index (χ0) is 27.6. The Bertz CT molecular complexity index is 2430. The predicted octanol–water partition coefficient (Wildman–Crippen LogP) is 11.3. The Labute approximate surface area is 245 Å². The molecule has 0 amide bonds. The van der Waals surface area contributed by atoms with Crippen molar-refractivity contribution >= 4 is 75.9 Å². The molecule has 0 aliphatic carbocycles. The van der Waals surface area contributed by atoms with Gasteiger partial charge in [0.15, 0.2) is 0 Å². The van der Waals surface area contributed by atoms with Crippen molar-refractivity contribution < 1.29 is 4.42 Å². The van der Waals surface area contributed by atoms with Crippen LogP contribution < -0.4 is 5.32 Å². The SMILES string of the molecule is c1ccc(-n2c3ccccc3c3c4cccc(-c5ccc(Nc6ccc7c(c6)oc6ccccc67)cc5)c4sc32)cc1. The molecule has 0 aliphatic heterocycles. The van der Waals surface area contributed by atoms with E-state index in [9.17, 15) is 0 Å². The van der Waals surface area contributed by atoms with Gasteiger partial charge in [-0.2, -0.15) is 0 Å². The lowest BCUT2D eigenvalue weighted by atomic mass is 10.0. The third kappa shape index (κ3) is 3.52. The van der Waals surface area contributed by atoms with E-state index in [1.807, 2.05) is 29.5 Å². The first-order valence-corrected chi connectivity index (χ1v) is 14.9. The topological polar surface area (TPSA) is 30.1 Å². The molecule has 198 valence electrons. The van der Waals surface area contributed by atoms with Crippen LogP contribution in [-0.4, -0.2) is 4.57 Å². The average Bonchev–Trinajstić information content (AvgIpc) is 3.70. The van der Waals surface area contributed by atoms with Gasteiger partial charge in [-0.25, -0.2) is 0 Å². The molecule has 0 fully saturated rings. The molecule has 4 heteroatoms. The lowest BCUT2D eigenvalue weighted by Crippen LogP contribution is -1.91. The second-order valence-electron chi connectivity index (χ2n) is 10.7. The van der Waals surface area contributed by atoms with E-state index in [0.717, 1.165) is 33.3 Å². The largest absolute Gasteiger partial charge is 0.456 e. The van der Waals surface area contributed by atoms with E-state index >= 15 is 0 Å². The fourth-order valence-electron chi connectivity index (χ4n) is 6.28. The second kappa shape index (κ2) is 9.10. The molecule has 0 saturated heterocycles. The van der Waals surface area contributed by atoms with E-state index in [4.69, 9.17) is 4.42 Å². The zero-order valence-electron chi connectivity index (χ0n) is 22.5. The molecule has 42 heavy (non-hydrogen) atoms. The Kier molecular flexibility index (Phi) is 5.07. The molecule has 0 unspecified atom stereocenters. The molecule has 0 saturated carbocycles. The van der Waals surface area contributed by atoms with Crippen LogP contribution in [0.4, 0.5) is 11.4 Å². The normalized spacial score (nSPS) is 11.8. The summed E-state index contributed by atoms with van der Waals surface area (Å²) in [6, 6.07) is 49.4. The average molecular weight is 557 g/mol. The number of thiophene rings is 1. The van der Waals surface area contributed by atoms with Crippen molar-refractivity contribution in [2.45, 2.75) is 0 Å². The summed E-state index contributed by atoms with van der Waals surface area (Å²) in [6.45, 7) is 0. The van der Waals surface area contributed by atoms with Crippen molar-refractivity contribution in [2.24, 2.45) is 0 Å². The molecule has 9 rings (SSSR count). The maximum atomic E-state index is 6.09. The van der Waals surface area contributed by atoms with Crippen LogP contribution in [0.1, 0.15) is 0 Å². The zero-order valence-corrected chi connectivity index (χ0v) is 23.4. The number of fused-ring (bicyclic) bond motifs is 8. The van der Waals surface area contributed by atoms with Gasteiger partial charge in [0.05, 0.1) is 5.52 Å². The standard InChI is InChI=1S/C38H24N2OS/c1-2-9-27(10-3-1)40-33-15-6-4-12-31(33)36-32-14-8-13-28(37(32)42-38(36)40)24-17-19-25(20-18-24)39-26-21-22-30-29-11-5-7-16-34(29)41-35(30)23-26/h1-23,39H. The number of hydrogen-bond acceptors (Lipinski definition) is 3. The van der Waals surface area contributed by atoms with E-state index in [1.54, 1.807) is 0 Å². The molecule has 0 atom stereocenters. The summed E-state index contributed by atoms with van der Waals surface area (Å²) in [5.74, 6) is 0. The minimum atomic E-state index is 0.890. The highest BCUT2D eigenvalue weighted by atomic mass is 32.1. The first kappa shape index (κ1) is 23.4. The quantitative estimate of drug-likeness (QED) is 0.234. The van der Waals surface area contributed by atoms with Crippen LogP contribution in [0.3, 0.4) is 0 Å². The Balaban J connectivity index is 1.12. The number of rotatable bonds is 4. The molecule has 0 spiro atoms. The van der Waals surface area contributed by atoms with Crippen molar-refractivity contribution in [2.75, 3.05) is 5.32 Å². The van der Waals surface area contributed by atoms with Gasteiger partial charge in [0, 0.05) is 54.8 Å². The number of anilines is 2. The van der Waals surface area contributed by atoms with Crippen LogP contribution in [0.2, 0.25) is 0 Å². The van der Waals surface area contributed by atoms with Crippen LogP contribution >= 0.6 is 11.3 Å². The van der Waals surface area contributed by atoms with Crippen LogP contribution in [0, 0.1) is 0 Å². The lowest BCUT2D eigenvalue weighted by molar-refractivity contribution is 0.669. The molecule has 9 aromatic rings. The molecule has 3 nitrogen and oxygen atoms in total. The van der Waals surface area contributed by atoms with Crippen molar-refractivity contribution in [3.63, 3.8) is 0 Å². The van der Waals surface area contributed by atoms with Gasteiger partial charge >= 0.3 is 0 Å². The molecule has 0 radical (unpaired) electrons. The predicted molar refractivity (Wildman–Crippen MR) is 179 cm³/mol. The fraction of sp³-hybridized carbons (Fsp3) is 0. The summed E-state index contributed by atoms with van der Waals surface area (Å²) in [4.78, 5) is 1.28. The van der Waals surface area contributed by atoms with Gasteiger partial charge in [0.1, 0.15) is 16.0 Å². The van der Waals surface area contributed by atoms with Crippen LogP contribution in [0.5, 0.6) is 0 Å². The minimum absolute atomic E-state index is 0.890. The van der Waals surface area contributed by atoms with Gasteiger partial charge in [0.2, 0.25) is 0 Å². The summed E-state index contributed by atoms with van der Waals surface area (Å²) in [5, 5.41) is 9.77. The molecule has 3 heterocycles. The highest BCUT2D eigenvalue weighted by molar-refractivity contribution is 7.26. The lowest BCUT2D eigenvalue weighted by Gasteiger charge is -2.09. The number of nitrogens with one attached hydrogen (secondary N) is 1.